The third-order valence-electron chi connectivity index (χ3n) is 7.89. The Bertz CT molecular complexity index is 1440. The van der Waals surface area contributed by atoms with Gasteiger partial charge < -0.3 is 19.5 Å². The highest BCUT2D eigenvalue weighted by Crippen LogP contribution is 2.37. The summed E-state index contributed by atoms with van der Waals surface area (Å²) >= 11 is 1.61. The van der Waals surface area contributed by atoms with Crippen LogP contribution in [0.4, 0.5) is 0 Å². The maximum Gasteiger partial charge on any atom is 0.254 e. The van der Waals surface area contributed by atoms with Crippen molar-refractivity contribution in [3.05, 3.63) is 58.2 Å². The molecule has 2 atom stereocenters. The molecule has 39 heavy (non-hydrogen) atoms. The van der Waals surface area contributed by atoms with Crippen LogP contribution in [0.25, 0.3) is 22.9 Å². The van der Waals surface area contributed by atoms with E-state index in [1.165, 1.54) is 38.4 Å². The molecular formula is C29H34N6O3S. The number of carbonyl (C=O) groups excluding carboxylic acids is 1. The van der Waals surface area contributed by atoms with Gasteiger partial charge in [0.1, 0.15) is 11.3 Å². The molecule has 9 nitrogen and oxygen atoms in total. The molecule has 0 bridgehead atoms. The van der Waals surface area contributed by atoms with Crippen molar-refractivity contribution in [2.24, 2.45) is 11.7 Å². The van der Waals surface area contributed by atoms with Gasteiger partial charge in [0.15, 0.2) is 0 Å². The van der Waals surface area contributed by atoms with Gasteiger partial charge in [0.25, 0.3) is 5.91 Å². The van der Waals surface area contributed by atoms with Crippen molar-refractivity contribution in [1.82, 2.24) is 25.1 Å². The Morgan fingerprint density at radius 3 is 2.62 bits per heavy atom. The van der Waals surface area contributed by atoms with E-state index in [4.69, 9.17) is 14.6 Å². The molecule has 3 aromatic heterocycles. The van der Waals surface area contributed by atoms with Gasteiger partial charge in [-0.3, -0.25) is 4.79 Å². The van der Waals surface area contributed by atoms with Crippen molar-refractivity contribution in [3.63, 3.8) is 0 Å². The molecule has 0 unspecified atom stereocenters. The zero-order valence-corrected chi connectivity index (χ0v) is 23.2. The third-order valence-corrected chi connectivity index (χ3v) is 8.96. The minimum Gasteiger partial charge on any atom is -0.445 e. The quantitative estimate of drug-likeness (QED) is 0.287. The topological polar surface area (TPSA) is 124 Å². The molecule has 204 valence electrons. The fraction of sp³-hybridized carbons (Fsp3) is 0.483. The largest absolute Gasteiger partial charge is 0.445 e. The highest BCUT2D eigenvalue weighted by molar-refractivity contribution is 7.09. The van der Waals surface area contributed by atoms with Crippen LogP contribution in [0.5, 0.6) is 0 Å². The Balaban J connectivity index is 1.32. The summed E-state index contributed by atoms with van der Waals surface area (Å²) in [4.78, 5) is 24.8. The number of rotatable bonds is 7. The smallest absolute Gasteiger partial charge is 0.254 e. The van der Waals surface area contributed by atoms with E-state index >= 15 is 0 Å². The average molecular weight is 547 g/mol. The molecule has 1 amide bonds. The van der Waals surface area contributed by atoms with Gasteiger partial charge in [-0.2, -0.15) is 0 Å². The molecule has 1 saturated heterocycles. The molecule has 4 aromatic rings. The summed E-state index contributed by atoms with van der Waals surface area (Å²) in [6, 6.07) is 5.45. The first kappa shape index (κ1) is 25.9. The minimum atomic E-state index is -0.722. The second-order valence-corrected chi connectivity index (χ2v) is 12.0. The third kappa shape index (κ3) is 5.40. The summed E-state index contributed by atoms with van der Waals surface area (Å²) in [6.45, 7) is 4.62. The van der Waals surface area contributed by atoms with Crippen molar-refractivity contribution >= 4 is 17.2 Å². The first-order valence-electron chi connectivity index (χ1n) is 13.8. The number of likely N-dealkylation sites (tertiary alicyclic amines) is 1. The zero-order valence-electron chi connectivity index (χ0n) is 22.4. The monoisotopic (exact) mass is 546 g/mol. The lowest BCUT2D eigenvalue weighted by molar-refractivity contribution is 0.0735. The molecule has 1 saturated carbocycles. The van der Waals surface area contributed by atoms with Gasteiger partial charge >= 0.3 is 0 Å². The van der Waals surface area contributed by atoms with E-state index in [1.807, 2.05) is 42.3 Å². The van der Waals surface area contributed by atoms with Gasteiger partial charge in [-0.1, -0.05) is 32.1 Å². The van der Waals surface area contributed by atoms with Gasteiger partial charge in [0, 0.05) is 34.3 Å². The molecule has 0 radical (unpaired) electrons. The lowest BCUT2D eigenvalue weighted by Crippen LogP contribution is -2.36. The van der Waals surface area contributed by atoms with Crippen molar-refractivity contribution < 1.29 is 13.6 Å². The Hall–Kier alpha value is -3.37. The predicted molar refractivity (Wildman–Crippen MR) is 148 cm³/mol. The molecule has 2 aliphatic rings. The van der Waals surface area contributed by atoms with Gasteiger partial charge in [-0.05, 0) is 57.2 Å². The predicted octanol–water partition coefficient (Wildman–Crippen LogP) is 6.28. The molecule has 1 aliphatic heterocycles. The second-order valence-electron chi connectivity index (χ2n) is 11.2. The van der Waals surface area contributed by atoms with Crippen LogP contribution in [0.2, 0.25) is 0 Å². The van der Waals surface area contributed by atoms with Crippen molar-refractivity contribution in [3.8, 4) is 22.9 Å². The fourth-order valence-electron chi connectivity index (χ4n) is 5.97. The number of nitrogens with two attached hydrogens (primary N) is 1. The van der Waals surface area contributed by atoms with E-state index < -0.39 is 5.54 Å². The summed E-state index contributed by atoms with van der Waals surface area (Å²) < 4.78 is 11.7. The number of benzene rings is 1. The number of aromatic nitrogens is 4. The number of oxazole rings is 1. The Labute approximate surface area is 231 Å². The number of aryl methyl sites for hydroxylation is 1. The van der Waals surface area contributed by atoms with Crippen LogP contribution in [0.3, 0.4) is 0 Å². The van der Waals surface area contributed by atoms with E-state index in [0.717, 1.165) is 30.0 Å². The first-order valence-corrected chi connectivity index (χ1v) is 14.7. The molecule has 1 aromatic carbocycles. The van der Waals surface area contributed by atoms with Crippen LogP contribution < -0.4 is 5.73 Å². The molecule has 10 heteroatoms. The zero-order chi connectivity index (χ0) is 27.0. The summed E-state index contributed by atoms with van der Waals surface area (Å²) in [5.74, 6) is 1.65. The van der Waals surface area contributed by atoms with E-state index in [1.54, 1.807) is 17.5 Å². The van der Waals surface area contributed by atoms with Crippen molar-refractivity contribution in [1.29, 1.82) is 0 Å². The lowest BCUT2D eigenvalue weighted by atomic mass is 9.80. The molecule has 2 N–H and O–H groups in total. The van der Waals surface area contributed by atoms with Gasteiger partial charge in [-0.25, -0.2) is 9.97 Å². The number of nitrogens with zero attached hydrogens (tertiary/aromatic N) is 5. The maximum absolute atomic E-state index is 13.9. The number of carbonyl (C=O) groups is 1. The van der Waals surface area contributed by atoms with Gasteiger partial charge in [-0.15, -0.1) is 21.5 Å². The highest BCUT2D eigenvalue weighted by atomic mass is 32.1. The highest BCUT2D eigenvalue weighted by Gasteiger charge is 2.34. The fourth-order valence-corrected chi connectivity index (χ4v) is 6.91. The van der Waals surface area contributed by atoms with Crippen molar-refractivity contribution in [2.45, 2.75) is 76.8 Å². The molecular weight excluding hydrogens is 512 g/mol. The summed E-state index contributed by atoms with van der Waals surface area (Å²) in [5.41, 5.74) is 8.77. The van der Waals surface area contributed by atoms with E-state index in [9.17, 15) is 4.79 Å². The Morgan fingerprint density at radius 2 is 1.90 bits per heavy atom. The molecule has 6 rings (SSSR count). The van der Waals surface area contributed by atoms with E-state index in [-0.39, 0.29) is 11.9 Å². The standard InChI is InChI=1S/C29H34N6O3S/c1-18-17-39-26(32-18)23-9-6-11-35(23)27(36)22-14-20(24-31-10-12-37-24)13-21(15-22)25-33-34-28(38-25)29(2,30)16-19-7-4-3-5-8-19/h10,12-15,17,19,23H,3-9,11,16,30H2,1-2H3/t23-,29-/m1/s1. The van der Waals surface area contributed by atoms with Crippen LogP contribution in [0.15, 0.2) is 44.9 Å². The first-order chi connectivity index (χ1) is 18.9. The molecule has 4 heterocycles. The SMILES string of the molecule is Cc1csc([C@H]2CCCN2C(=O)c2cc(-c3ncco3)cc(-c3nnc([C@](C)(N)CC4CCCCC4)o3)c2)n1. The van der Waals surface area contributed by atoms with Gasteiger partial charge in [0.2, 0.25) is 17.7 Å². The number of hydrogen-bond donors (Lipinski definition) is 1. The maximum atomic E-state index is 13.9. The summed E-state index contributed by atoms with van der Waals surface area (Å²) in [6.07, 6.45) is 11.9. The van der Waals surface area contributed by atoms with E-state index in [2.05, 4.69) is 20.2 Å². The second kappa shape index (κ2) is 10.7. The molecule has 2 fully saturated rings. The van der Waals surface area contributed by atoms with Crippen LogP contribution >= 0.6 is 11.3 Å². The van der Waals surface area contributed by atoms with Crippen LogP contribution in [-0.4, -0.2) is 37.5 Å². The van der Waals surface area contributed by atoms with Crippen LogP contribution in [0, 0.1) is 12.8 Å². The molecule has 0 spiro atoms. The Morgan fingerprint density at radius 1 is 1.10 bits per heavy atom. The molecule has 1 aliphatic carbocycles. The van der Waals surface area contributed by atoms with E-state index in [0.29, 0.717) is 46.8 Å². The van der Waals surface area contributed by atoms with Crippen LogP contribution in [-0.2, 0) is 5.54 Å². The summed E-state index contributed by atoms with van der Waals surface area (Å²) in [5, 5.41) is 11.7. The lowest BCUT2D eigenvalue weighted by Gasteiger charge is -2.29. The summed E-state index contributed by atoms with van der Waals surface area (Å²) in [7, 11) is 0. The van der Waals surface area contributed by atoms with Crippen molar-refractivity contribution in [2.75, 3.05) is 6.54 Å². The average Bonchev–Trinajstić information content (AvgIpc) is 3.74. The van der Waals surface area contributed by atoms with Gasteiger partial charge in [0.05, 0.1) is 17.8 Å². The Kier molecular flexibility index (Phi) is 7.07. The number of thiazole rings is 1. The van der Waals surface area contributed by atoms with Crippen LogP contribution in [0.1, 0.15) is 91.3 Å². The number of hydrogen-bond acceptors (Lipinski definition) is 9. The number of amides is 1. The minimum absolute atomic E-state index is 0.0298. The normalized spacial score (nSPS) is 19.9.